The Labute approximate surface area is 87.1 Å². The molecule has 76 valence electrons. The minimum Gasteiger partial charge on any atom is -0.257 e. The van der Waals surface area contributed by atoms with Gasteiger partial charge in [-0.05, 0) is 19.9 Å². The first kappa shape index (κ1) is 11.1. The highest BCUT2D eigenvalue weighted by molar-refractivity contribution is 6.81. The Morgan fingerprint density at radius 1 is 1.14 bits per heavy atom. The van der Waals surface area contributed by atoms with Crippen molar-refractivity contribution in [1.82, 2.24) is 9.97 Å². The molecule has 0 saturated carbocycles. The summed E-state index contributed by atoms with van der Waals surface area (Å²) in [5.41, 5.74) is 5.28. The summed E-state index contributed by atoms with van der Waals surface area (Å²) in [6.07, 6.45) is 3.92. The molecule has 0 saturated heterocycles. The Morgan fingerprint density at radius 2 is 1.79 bits per heavy atom. The van der Waals surface area contributed by atoms with Crippen molar-refractivity contribution in [3.63, 3.8) is 0 Å². The summed E-state index contributed by atoms with van der Waals surface area (Å²) in [5.74, 6) is 0. The lowest BCUT2D eigenvalue weighted by atomic mass is 10.3. The summed E-state index contributed by atoms with van der Waals surface area (Å²) in [6.45, 7) is 10.9. The van der Waals surface area contributed by atoms with Crippen LogP contribution in [-0.4, -0.2) is 18.0 Å². The average molecular weight is 206 g/mol. The summed E-state index contributed by atoms with van der Waals surface area (Å²) in [5, 5.41) is 0. The average Bonchev–Trinajstić information content (AvgIpc) is 2.06. The van der Waals surface area contributed by atoms with Crippen LogP contribution < -0.4 is 0 Å². The molecular formula is C11H18N2Si. The van der Waals surface area contributed by atoms with E-state index < -0.39 is 8.07 Å². The number of aryl methyl sites for hydroxylation is 2. The number of nitrogens with zero attached hydrogens (tertiary/aromatic N) is 2. The molecule has 0 aromatic carbocycles. The van der Waals surface area contributed by atoms with E-state index in [9.17, 15) is 0 Å². The van der Waals surface area contributed by atoms with Crippen LogP contribution in [0.25, 0.3) is 6.08 Å². The molecule has 3 heteroatoms. The van der Waals surface area contributed by atoms with E-state index in [-0.39, 0.29) is 0 Å². The van der Waals surface area contributed by atoms with Crippen LogP contribution in [0.4, 0.5) is 0 Å². The summed E-state index contributed by atoms with van der Waals surface area (Å²) < 4.78 is 0. The zero-order valence-electron chi connectivity index (χ0n) is 9.63. The second kappa shape index (κ2) is 4.05. The fourth-order valence-electron chi connectivity index (χ4n) is 0.975. The van der Waals surface area contributed by atoms with Gasteiger partial charge in [-0.15, -0.1) is 0 Å². The van der Waals surface area contributed by atoms with Crippen LogP contribution in [0, 0.1) is 13.8 Å². The quantitative estimate of drug-likeness (QED) is 0.695. The normalized spacial score (nSPS) is 12.4. The first-order valence-corrected chi connectivity index (χ1v) is 8.46. The van der Waals surface area contributed by atoms with Crippen LogP contribution in [0.2, 0.25) is 19.6 Å². The van der Waals surface area contributed by atoms with Crippen LogP contribution in [0.5, 0.6) is 0 Å². The molecule has 2 nitrogen and oxygen atoms in total. The summed E-state index contributed by atoms with van der Waals surface area (Å²) in [6, 6.07) is 0. The van der Waals surface area contributed by atoms with Gasteiger partial charge in [0.15, 0.2) is 0 Å². The molecule has 14 heavy (non-hydrogen) atoms. The fraction of sp³-hybridized carbons (Fsp3) is 0.455. The molecule has 0 aliphatic heterocycles. The van der Waals surface area contributed by atoms with E-state index in [4.69, 9.17) is 0 Å². The lowest BCUT2D eigenvalue weighted by molar-refractivity contribution is 1.04. The van der Waals surface area contributed by atoms with E-state index in [1.54, 1.807) is 0 Å². The Kier molecular flexibility index (Phi) is 3.21. The largest absolute Gasteiger partial charge is 0.257 e. The minimum atomic E-state index is -1.12. The smallest absolute Gasteiger partial charge is 0.0809 e. The van der Waals surface area contributed by atoms with E-state index in [0.717, 1.165) is 17.1 Å². The van der Waals surface area contributed by atoms with E-state index >= 15 is 0 Å². The van der Waals surface area contributed by atoms with Crippen molar-refractivity contribution >= 4 is 14.1 Å². The van der Waals surface area contributed by atoms with Gasteiger partial charge in [-0.1, -0.05) is 25.3 Å². The highest BCUT2D eigenvalue weighted by atomic mass is 28.3. The van der Waals surface area contributed by atoms with Crippen molar-refractivity contribution in [1.29, 1.82) is 0 Å². The van der Waals surface area contributed by atoms with Gasteiger partial charge >= 0.3 is 0 Å². The van der Waals surface area contributed by atoms with Crippen LogP contribution in [0.15, 0.2) is 11.9 Å². The van der Waals surface area contributed by atoms with Gasteiger partial charge in [-0.2, -0.15) is 0 Å². The summed E-state index contributed by atoms with van der Waals surface area (Å²) >= 11 is 0. The molecule has 0 aliphatic carbocycles. The second-order valence-corrected chi connectivity index (χ2v) is 9.73. The highest BCUT2D eigenvalue weighted by Gasteiger charge is 2.07. The molecule has 0 aliphatic rings. The fourth-order valence-corrected chi connectivity index (χ4v) is 1.65. The molecule has 1 heterocycles. The minimum absolute atomic E-state index is 0.968. The first-order valence-electron chi connectivity index (χ1n) is 4.88. The molecular weight excluding hydrogens is 188 g/mol. The second-order valence-electron chi connectivity index (χ2n) is 4.67. The van der Waals surface area contributed by atoms with Crippen molar-refractivity contribution < 1.29 is 0 Å². The van der Waals surface area contributed by atoms with Crippen molar-refractivity contribution in [2.24, 2.45) is 0 Å². The molecule has 1 aromatic heterocycles. The van der Waals surface area contributed by atoms with Gasteiger partial charge < -0.3 is 0 Å². The Hall–Kier alpha value is -0.963. The molecule has 0 unspecified atom stereocenters. The van der Waals surface area contributed by atoms with Crippen LogP contribution in [0.3, 0.4) is 0 Å². The van der Waals surface area contributed by atoms with Gasteiger partial charge in [0.25, 0.3) is 0 Å². The van der Waals surface area contributed by atoms with Gasteiger partial charge in [0, 0.05) is 0 Å². The maximum Gasteiger partial charge on any atom is 0.0809 e. The van der Waals surface area contributed by atoms with Crippen molar-refractivity contribution in [2.45, 2.75) is 33.5 Å². The molecule has 0 N–H and O–H groups in total. The van der Waals surface area contributed by atoms with Gasteiger partial charge in [0.2, 0.25) is 0 Å². The van der Waals surface area contributed by atoms with E-state index in [1.807, 2.05) is 20.0 Å². The maximum atomic E-state index is 4.45. The predicted molar refractivity (Wildman–Crippen MR) is 63.9 cm³/mol. The standard InChI is InChI=1S/C11H18N2Si/c1-9-10(2)13-11(8-12-9)6-7-14(3,4)5/h6-8H,1-5H3/b7-6+. The summed E-state index contributed by atoms with van der Waals surface area (Å²) in [4.78, 5) is 8.73. The third-order valence-corrected chi connectivity index (χ3v) is 3.13. The van der Waals surface area contributed by atoms with Gasteiger partial charge in [0.05, 0.1) is 31.4 Å². The van der Waals surface area contributed by atoms with Crippen molar-refractivity contribution in [3.8, 4) is 0 Å². The van der Waals surface area contributed by atoms with Crippen LogP contribution in [0.1, 0.15) is 17.1 Å². The zero-order chi connectivity index (χ0) is 10.8. The van der Waals surface area contributed by atoms with Crippen molar-refractivity contribution in [2.75, 3.05) is 0 Å². The molecule has 0 atom stereocenters. The monoisotopic (exact) mass is 206 g/mol. The summed E-state index contributed by atoms with van der Waals surface area (Å²) in [7, 11) is -1.12. The molecule has 1 aromatic rings. The van der Waals surface area contributed by atoms with E-state index in [1.165, 1.54) is 0 Å². The van der Waals surface area contributed by atoms with Gasteiger partial charge in [-0.3, -0.25) is 9.97 Å². The van der Waals surface area contributed by atoms with Crippen molar-refractivity contribution in [3.05, 3.63) is 29.0 Å². The van der Waals surface area contributed by atoms with Crippen LogP contribution >= 0.6 is 0 Å². The molecule has 0 spiro atoms. The Balaban J connectivity index is 2.89. The molecule has 0 radical (unpaired) electrons. The maximum absolute atomic E-state index is 4.45. The number of rotatable bonds is 2. The molecule has 0 amide bonds. The SMILES string of the molecule is Cc1ncc(/C=C/[Si](C)(C)C)nc1C. The molecule has 0 fully saturated rings. The number of aromatic nitrogens is 2. The predicted octanol–water partition coefficient (Wildman–Crippen LogP) is 2.98. The number of hydrogen-bond acceptors (Lipinski definition) is 2. The Bertz CT molecular complexity index is 351. The van der Waals surface area contributed by atoms with E-state index in [0.29, 0.717) is 0 Å². The highest BCUT2D eigenvalue weighted by Crippen LogP contribution is 2.07. The van der Waals surface area contributed by atoms with Crippen LogP contribution in [-0.2, 0) is 0 Å². The lowest BCUT2D eigenvalue weighted by Crippen LogP contribution is -2.15. The topological polar surface area (TPSA) is 25.8 Å². The molecule has 0 bridgehead atoms. The first-order chi connectivity index (χ1) is 6.38. The lowest BCUT2D eigenvalue weighted by Gasteiger charge is -2.08. The molecule has 1 rings (SSSR count). The van der Waals surface area contributed by atoms with Gasteiger partial charge in [0.1, 0.15) is 0 Å². The third kappa shape index (κ3) is 3.42. The third-order valence-electron chi connectivity index (χ3n) is 1.96. The Morgan fingerprint density at radius 3 is 2.29 bits per heavy atom. The van der Waals surface area contributed by atoms with Gasteiger partial charge in [-0.25, -0.2) is 0 Å². The van der Waals surface area contributed by atoms with E-state index in [2.05, 4.69) is 41.4 Å². The zero-order valence-corrected chi connectivity index (χ0v) is 10.6. The number of hydrogen-bond donors (Lipinski definition) is 0.